The molecule has 1 atom stereocenters. The molecule has 0 saturated heterocycles. The molecule has 0 bridgehead atoms. The lowest BCUT2D eigenvalue weighted by Crippen LogP contribution is -2.27. The van der Waals surface area contributed by atoms with Gasteiger partial charge in [0.05, 0.1) is 11.7 Å². The van der Waals surface area contributed by atoms with E-state index in [0.29, 0.717) is 5.69 Å². The number of benzene rings is 1. The predicted molar refractivity (Wildman–Crippen MR) is 69.9 cm³/mol. The number of anilines is 1. The first-order chi connectivity index (χ1) is 8.97. The molecule has 0 aliphatic carbocycles. The van der Waals surface area contributed by atoms with Crippen molar-refractivity contribution in [2.24, 2.45) is 7.05 Å². The molecule has 0 aliphatic heterocycles. The Hall–Kier alpha value is -2.37. The molecular weight excluding hydrogens is 247 g/mol. The van der Waals surface area contributed by atoms with Gasteiger partial charge in [-0.05, 0) is 24.6 Å². The Morgan fingerprint density at radius 3 is 2.58 bits per heavy atom. The van der Waals surface area contributed by atoms with Gasteiger partial charge in [-0.1, -0.05) is 12.1 Å². The second kappa shape index (κ2) is 5.09. The number of carbonyl (C=O) groups is 1. The van der Waals surface area contributed by atoms with E-state index in [-0.39, 0.29) is 23.5 Å². The molecule has 0 aliphatic rings. The molecule has 100 valence electrons. The number of aryl methyl sites for hydroxylation is 1. The van der Waals surface area contributed by atoms with Crippen LogP contribution in [0.1, 0.15) is 29.0 Å². The third-order valence-corrected chi connectivity index (χ3v) is 2.79. The molecule has 1 aromatic carbocycles. The van der Waals surface area contributed by atoms with Gasteiger partial charge in [0, 0.05) is 13.2 Å². The van der Waals surface area contributed by atoms with Crippen molar-refractivity contribution in [1.82, 2.24) is 15.1 Å². The molecule has 0 saturated carbocycles. The summed E-state index contributed by atoms with van der Waals surface area (Å²) in [7, 11) is 1.69. The Balaban J connectivity index is 2.10. The molecule has 0 radical (unpaired) electrons. The lowest BCUT2D eigenvalue weighted by Gasteiger charge is -2.13. The van der Waals surface area contributed by atoms with Crippen LogP contribution in [0.4, 0.5) is 10.1 Å². The monoisotopic (exact) mass is 262 g/mol. The fourth-order valence-corrected chi connectivity index (χ4v) is 1.78. The van der Waals surface area contributed by atoms with Gasteiger partial charge in [0.15, 0.2) is 5.69 Å². The molecule has 2 rings (SSSR count). The largest absolute Gasteiger partial charge is 0.396 e. The van der Waals surface area contributed by atoms with Crippen LogP contribution in [0.25, 0.3) is 0 Å². The number of nitrogen functional groups attached to an aromatic ring is 1. The van der Waals surface area contributed by atoms with Gasteiger partial charge >= 0.3 is 0 Å². The van der Waals surface area contributed by atoms with Crippen molar-refractivity contribution in [3.63, 3.8) is 0 Å². The Bertz CT molecular complexity index is 591. The fraction of sp³-hybridized carbons (Fsp3) is 0.231. The number of nitrogens with zero attached hydrogens (tertiary/aromatic N) is 2. The molecule has 5 nitrogen and oxygen atoms in total. The number of aromatic nitrogens is 2. The van der Waals surface area contributed by atoms with E-state index >= 15 is 0 Å². The van der Waals surface area contributed by atoms with Crippen molar-refractivity contribution in [3.05, 3.63) is 47.5 Å². The maximum absolute atomic E-state index is 12.8. The van der Waals surface area contributed by atoms with Crippen LogP contribution in [-0.2, 0) is 7.05 Å². The molecular formula is C13H15FN4O. The second-order valence-electron chi connectivity index (χ2n) is 4.35. The topological polar surface area (TPSA) is 72.9 Å². The lowest BCUT2D eigenvalue weighted by molar-refractivity contribution is 0.0935. The van der Waals surface area contributed by atoms with Gasteiger partial charge in [-0.15, -0.1) is 0 Å². The van der Waals surface area contributed by atoms with Gasteiger partial charge < -0.3 is 11.1 Å². The summed E-state index contributed by atoms with van der Waals surface area (Å²) in [6.45, 7) is 1.81. The van der Waals surface area contributed by atoms with Crippen molar-refractivity contribution in [3.8, 4) is 0 Å². The second-order valence-corrected chi connectivity index (χ2v) is 4.35. The highest BCUT2D eigenvalue weighted by Gasteiger charge is 2.16. The Kier molecular flexibility index (Phi) is 3.50. The first-order valence-electron chi connectivity index (χ1n) is 5.83. The number of carbonyl (C=O) groups excluding carboxylic acids is 1. The van der Waals surface area contributed by atoms with Gasteiger partial charge in [-0.2, -0.15) is 5.10 Å². The minimum Gasteiger partial charge on any atom is -0.396 e. The summed E-state index contributed by atoms with van der Waals surface area (Å²) in [5, 5.41) is 6.76. The molecule has 6 heteroatoms. The van der Waals surface area contributed by atoms with Crippen molar-refractivity contribution in [1.29, 1.82) is 0 Å². The van der Waals surface area contributed by atoms with Crippen LogP contribution in [0.5, 0.6) is 0 Å². The van der Waals surface area contributed by atoms with Crippen LogP contribution in [-0.4, -0.2) is 15.7 Å². The summed E-state index contributed by atoms with van der Waals surface area (Å²) in [5.41, 5.74) is 7.01. The van der Waals surface area contributed by atoms with Crippen LogP contribution >= 0.6 is 0 Å². The van der Waals surface area contributed by atoms with E-state index in [1.807, 2.05) is 6.92 Å². The Labute approximate surface area is 110 Å². The summed E-state index contributed by atoms with van der Waals surface area (Å²) in [6, 6.07) is 5.71. The van der Waals surface area contributed by atoms with E-state index in [4.69, 9.17) is 5.73 Å². The SMILES string of the molecule is CC(NC(=O)c1nn(C)cc1N)c1ccc(F)cc1. The number of rotatable bonds is 3. The third-order valence-electron chi connectivity index (χ3n) is 2.79. The van der Waals surface area contributed by atoms with Crippen molar-refractivity contribution < 1.29 is 9.18 Å². The highest BCUT2D eigenvalue weighted by molar-refractivity contribution is 5.97. The number of halogens is 1. The van der Waals surface area contributed by atoms with E-state index in [1.165, 1.54) is 16.8 Å². The fourth-order valence-electron chi connectivity index (χ4n) is 1.78. The normalized spacial score (nSPS) is 12.2. The van der Waals surface area contributed by atoms with Crippen LogP contribution in [0.15, 0.2) is 30.5 Å². The molecule has 1 aromatic heterocycles. The number of hydrogen-bond acceptors (Lipinski definition) is 3. The highest BCUT2D eigenvalue weighted by Crippen LogP contribution is 2.15. The maximum atomic E-state index is 12.8. The Morgan fingerprint density at radius 1 is 1.42 bits per heavy atom. The predicted octanol–water partition coefficient (Wildman–Crippen LogP) is 1.63. The van der Waals surface area contributed by atoms with Crippen molar-refractivity contribution in [2.75, 3.05) is 5.73 Å². The molecule has 1 heterocycles. The number of nitrogens with two attached hydrogens (primary N) is 1. The molecule has 2 aromatic rings. The van der Waals surface area contributed by atoms with Gasteiger partial charge in [-0.25, -0.2) is 4.39 Å². The summed E-state index contributed by atoms with van der Waals surface area (Å²) in [6.07, 6.45) is 1.57. The van der Waals surface area contributed by atoms with Crippen LogP contribution in [0.3, 0.4) is 0 Å². The lowest BCUT2D eigenvalue weighted by atomic mass is 10.1. The van der Waals surface area contributed by atoms with E-state index in [0.717, 1.165) is 5.56 Å². The Morgan fingerprint density at radius 2 is 2.05 bits per heavy atom. The van der Waals surface area contributed by atoms with Crippen LogP contribution in [0.2, 0.25) is 0 Å². The summed E-state index contributed by atoms with van der Waals surface area (Å²) < 4.78 is 14.3. The van der Waals surface area contributed by atoms with Gasteiger partial charge in [0.2, 0.25) is 0 Å². The summed E-state index contributed by atoms with van der Waals surface area (Å²) in [5.74, 6) is -0.661. The number of nitrogens with one attached hydrogen (secondary N) is 1. The summed E-state index contributed by atoms with van der Waals surface area (Å²) in [4.78, 5) is 12.0. The molecule has 0 spiro atoms. The number of hydrogen-bond donors (Lipinski definition) is 2. The first-order valence-corrected chi connectivity index (χ1v) is 5.83. The average Bonchev–Trinajstić information content (AvgIpc) is 2.69. The minimum atomic E-state index is -0.352. The highest BCUT2D eigenvalue weighted by atomic mass is 19.1. The van der Waals surface area contributed by atoms with Gasteiger partial charge in [0.1, 0.15) is 5.82 Å². The van der Waals surface area contributed by atoms with Crippen LogP contribution < -0.4 is 11.1 Å². The summed E-state index contributed by atoms with van der Waals surface area (Å²) >= 11 is 0. The van der Waals surface area contributed by atoms with E-state index in [1.54, 1.807) is 25.4 Å². The van der Waals surface area contributed by atoms with Crippen molar-refractivity contribution >= 4 is 11.6 Å². The quantitative estimate of drug-likeness (QED) is 0.883. The van der Waals surface area contributed by atoms with E-state index < -0.39 is 0 Å². The first kappa shape index (κ1) is 13.1. The zero-order chi connectivity index (χ0) is 14.0. The smallest absolute Gasteiger partial charge is 0.274 e. The van der Waals surface area contributed by atoms with E-state index in [9.17, 15) is 9.18 Å². The maximum Gasteiger partial charge on any atom is 0.274 e. The number of amides is 1. The molecule has 1 amide bonds. The molecule has 0 fully saturated rings. The van der Waals surface area contributed by atoms with Gasteiger partial charge in [-0.3, -0.25) is 9.48 Å². The van der Waals surface area contributed by atoms with E-state index in [2.05, 4.69) is 10.4 Å². The third kappa shape index (κ3) is 2.90. The van der Waals surface area contributed by atoms with Gasteiger partial charge in [0.25, 0.3) is 5.91 Å². The zero-order valence-corrected chi connectivity index (χ0v) is 10.7. The zero-order valence-electron chi connectivity index (χ0n) is 10.7. The molecule has 3 N–H and O–H groups in total. The minimum absolute atomic E-state index is 0.191. The standard InChI is InChI=1S/C13H15FN4O/c1-8(9-3-5-10(14)6-4-9)16-13(19)12-11(15)7-18(2)17-12/h3-8H,15H2,1-2H3,(H,16,19). The molecule has 19 heavy (non-hydrogen) atoms. The van der Waals surface area contributed by atoms with Crippen molar-refractivity contribution in [2.45, 2.75) is 13.0 Å². The molecule has 1 unspecified atom stereocenters. The van der Waals surface area contributed by atoms with Crippen LogP contribution in [0, 0.1) is 5.82 Å². The average molecular weight is 262 g/mol.